The van der Waals surface area contributed by atoms with Gasteiger partial charge in [0.1, 0.15) is 6.04 Å². The van der Waals surface area contributed by atoms with E-state index in [-0.39, 0.29) is 6.54 Å². The summed E-state index contributed by atoms with van der Waals surface area (Å²) >= 11 is 0. The lowest BCUT2D eigenvalue weighted by atomic mass is 9.80. The summed E-state index contributed by atoms with van der Waals surface area (Å²) in [5.41, 5.74) is 10.8. The van der Waals surface area contributed by atoms with E-state index in [0.717, 1.165) is 27.8 Å². The average molecular weight is 344 g/mol. The van der Waals surface area contributed by atoms with E-state index in [4.69, 9.17) is 5.73 Å². The number of rotatable bonds is 5. The molecule has 4 N–H and O–H groups in total. The molecule has 1 aliphatic rings. The fourth-order valence-electron chi connectivity index (χ4n) is 3.88. The molecule has 130 valence electrons. The lowest BCUT2D eigenvalue weighted by Crippen LogP contribution is -2.50. The van der Waals surface area contributed by atoms with Crippen LogP contribution < -0.4 is 11.1 Å². The second-order valence-corrected chi connectivity index (χ2v) is 6.53. The molecule has 0 heterocycles. The minimum atomic E-state index is -1.01. The predicted molar refractivity (Wildman–Crippen MR) is 102 cm³/mol. The number of carbonyl (C=O) groups is 1. The lowest BCUT2D eigenvalue weighted by molar-refractivity contribution is -0.138. The third kappa shape index (κ3) is 2.43. The molecule has 1 atom stereocenters. The van der Waals surface area contributed by atoms with Crippen molar-refractivity contribution in [3.05, 3.63) is 95.6 Å². The molecule has 0 aliphatic heterocycles. The molecule has 0 spiro atoms. The summed E-state index contributed by atoms with van der Waals surface area (Å²) in [6.45, 7) is 0.160. The highest BCUT2D eigenvalue weighted by molar-refractivity contribution is 5.83. The molecule has 0 saturated carbocycles. The number of hydrogen-bond acceptors (Lipinski definition) is 3. The van der Waals surface area contributed by atoms with Gasteiger partial charge in [-0.25, -0.2) is 0 Å². The average Bonchev–Trinajstić information content (AvgIpc) is 2.98. The van der Waals surface area contributed by atoms with Gasteiger partial charge in [0.15, 0.2) is 0 Å². The van der Waals surface area contributed by atoms with Crippen LogP contribution in [0.4, 0.5) is 0 Å². The number of fused-ring (bicyclic) bond motifs is 3. The van der Waals surface area contributed by atoms with Crippen molar-refractivity contribution in [2.75, 3.05) is 6.54 Å². The minimum absolute atomic E-state index is 0.160. The largest absolute Gasteiger partial charge is 0.480 e. The number of carboxylic acid groups (broad SMARTS) is 1. The van der Waals surface area contributed by atoms with Gasteiger partial charge < -0.3 is 10.8 Å². The topological polar surface area (TPSA) is 75.3 Å². The van der Waals surface area contributed by atoms with Crippen LogP contribution in [0.2, 0.25) is 0 Å². The molecule has 1 aliphatic carbocycles. The van der Waals surface area contributed by atoms with Crippen LogP contribution in [0, 0.1) is 0 Å². The number of hydrogen-bond donors (Lipinski definition) is 3. The Morgan fingerprint density at radius 2 is 1.38 bits per heavy atom. The third-order valence-electron chi connectivity index (χ3n) is 5.06. The van der Waals surface area contributed by atoms with Crippen molar-refractivity contribution < 1.29 is 9.90 Å². The Labute approximate surface area is 152 Å². The van der Waals surface area contributed by atoms with E-state index in [9.17, 15) is 9.90 Å². The first-order chi connectivity index (χ1) is 12.6. The summed E-state index contributed by atoms with van der Waals surface area (Å²) in [6, 6.07) is 25.6. The summed E-state index contributed by atoms with van der Waals surface area (Å²) in [7, 11) is 0. The highest BCUT2D eigenvalue weighted by Crippen LogP contribution is 2.50. The molecule has 0 radical (unpaired) electrons. The van der Waals surface area contributed by atoms with Crippen molar-refractivity contribution in [2.45, 2.75) is 11.6 Å². The highest BCUT2D eigenvalue weighted by atomic mass is 16.4. The zero-order chi connectivity index (χ0) is 18.1. The molecule has 0 aromatic heterocycles. The van der Waals surface area contributed by atoms with Crippen molar-refractivity contribution in [2.24, 2.45) is 5.73 Å². The van der Waals surface area contributed by atoms with Gasteiger partial charge in [0, 0.05) is 6.54 Å². The van der Waals surface area contributed by atoms with Crippen molar-refractivity contribution in [3.63, 3.8) is 0 Å². The molecule has 0 saturated heterocycles. The molecule has 26 heavy (non-hydrogen) atoms. The Bertz CT molecular complexity index is 908. The summed E-state index contributed by atoms with van der Waals surface area (Å²) in [6.07, 6.45) is 0. The van der Waals surface area contributed by atoms with Gasteiger partial charge in [-0.05, 0) is 27.8 Å². The predicted octanol–water partition coefficient (Wildman–Crippen LogP) is 2.96. The van der Waals surface area contributed by atoms with Crippen molar-refractivity contribution in [3.8, 4) is 11.1 Å². The number of nitrogens with one attached hydrogen (secondary N) is 1. The smallest absolute Gasteiger partial charge is 0.321 e. The van der Waals surface area contributed by atoms with Gasteiger partial charge in [-0.1, -0.05) is 78.9 Å². The van der Waals surface area contributed by atoms with Crippen molar-refractivity contribution in [1.82, 2.24) is 5.32 Å². The van der Waals surface area contributed by atoms with Gasteiger partial charge in [-0.15, -0.1) is 0 Å². The Hall–Kier alpha value is -2.95. The fraction of sp³-hybridized carbons (Fsp3) is 0.136. The molecular weight excluding hydrogens is 324 g/mol. The maximum atomic E-state index is 11.3. The summed E-state index contributed by atoms with van der Waals surface area (Å²) in [5.74, 6) is -1.01. The second-order valence-electron chi connectivity index (χ2n) is 6.53. The van der Waals surface area contributed by atoms with Gasteiger partial charge in [-0.2, -0.15) is 0 Å². The molecule has 4 rings (SSSR count). The molecule has 3 aromatic rings. The normalized spacial score (nSPS) is 15.1. The Morgan fingerprint density at radius 3 is 1.92 bits per heavy atom. The molecular formula is C22H20N2O2. The van der Waals surface area contributed by atoms with Crippen LogP contribution in [0.5, 0.6) is 0 Å². The van der Waals surface area contributed by atoms with Gasteiger partial charge in [0.25, 0.3) is 0 Å². The first kappa shape index (κ1) is 16.5. The number of carboxylic acids is 1. The maximum Gasteiger partial charge on any atom is 0.321 e. The molecule has 0 amide bonds. The summed E-state index contributed by atoms with van der Waals surface area (Å²) in [4.78, 5) is 11.3. The molecule has 4 heteroatoms. The molecule has 4 nitrogen and oxygen atoms in total. The molecule has 0 fully saturated rings. The number of benzene rings is 3. The highest BCUT2D eigenvalue weighted by Gasteiger charge is 2.44. The Kier molecular flexibility index (Phi) is 4.07. The number of nitrogens with two attached hydrogens (primary N) is 1. The van der Waals surface area contributed by atoms with Crippen LogP contribution in [-0.4, -0.2) is 23.7 Å². The van der Waals surface area contributed by atoms with E-state index in [2.05, 4.69) is 41.7 Å². The van der Waals surface area contributed by atoms with E-state index in [1.54, 1.807) is 0 Å². The zero-order valence-corrected chi connectivity index (χ0v) is 14.2. The SMILES string of the molecule is NC(CNC1(c2ccccc2)c2ccccc2-c2ccccc21)C(=O)O. The van der Waals surface area contributed by atoms with Crippen LogP contribution in [0.1, 0.15) is 16.7 Å². The Morgan fingerprint density at radius 1 is 0.885 bits per heavy atom. The second kappa shape index (κ2) is 6.41. The first-order valence-electron chi connectivity index (χ1n) is 8.63. The van der Waals surface area contributed by atoms with Crippen LogP contribution >= 0.6 is 0 Å². The standard InChI is InChI=1S/C22H20N2O2/c23-20(21(25)26)14-24-22(15-8-2-1-3-9-15)18-12-6-4-10-16(18)17-11-5-7-13-19(17)22/h1-13,20,24H,14,23H2,(H,25,26). The van der Waals surface area contributed by atoms with Crippen molar-refractivity contribution in [1.29, 1.82) is 0 Å². The van der Waals surface area contributed by atoms with Crippen LogP contribution in [-0.2, 0) is 10.3 Å². The van der Waals surface area contributed by atoms with Gasteiger partial charge >= 0.3 is 5.97 Å². The molecule has 3 aromatic carbocycles. The lowest BCUT2D eigenvalue weighted by Gasteiger charge is -2.34. The van der Waals surface area contributed by atoms with E-state index >= 15 is 0 Å². The maximum absolute atomic E-state index is 11.3. The zero-order valence-electron chi connectivity index (χ0n) is 14.2. The van der Waals surface area contributed by atoms with Gasteiger partial charge in [0.05, 0.1) is 5.54 Å². The minimum Gasteiger partial charge on any atom is -0.480 e. The monoisotopic (exact) mass is 344 g/mol. The van der Waals surface area contributed by atoms with E-state index < -0.39 is 17.6 Å². The molecule has 1 unspecified atom stereocenters. The van der Waals surface area contributed by atoms with Gasteiger partial charge in [0.2, 0.25) is 0 Å². The van der Waals surface area contributed by atoms with Gasteiger partial charge in [-0.3, -0.25) is 10.1 Å². The fourth-order valence-corrected chi connectivity index (χ4v) is 3.88. The number of aliphatic carboxylic acids is 1. The quantitative estimate of drug-likeness (QED) is 0.665. The third-order valence-corrected chi connectivity index (χ3v) is 5.06. The Balaban J connectivity index is 1.95. The first-order valence-corrected chi connectivity index (χ1v) is 8.63. The summed E-state index contributed by atoms with van der Waals surface area (Å²) in [5, 5.41) is 12.7. The molecule has 0 bridgehead atoms. The van der Waals surface area contributed by atoms with Crippen LogP contribution in [0.3, 0.4) is 0 Å². The van der Waals surface area contributed by atoms with Crippen molar-refractivity contribution >= 4 is 5.97 Å². The van der Waals surface area contributed by atoms with E-state index in [1.807, 2.05) is 42.5 Å². The summed E-state index contributed by atoms with van der Waals surface area (Å²) < 4.78 is 0. The van der Waals surface area contributed by atoms with Crippen LogP contribution in [0.15, 0.2) is 78.9 Å². The van der Waals surface area contributed by atoms with Crippen LogP contribution in [0.25, 0.3) is 11.1 Å². The van der Waals surface area contributed by atoms with E-state index in [1.165, 1.54) is 0 Å². The van der Waals surface area contributed by atoms with E-state index in [0.29, 0.717) is 0 Å².